The zero-order valence-corrected chi connectivity index (χ0v) is 9.52. The van der Waals surface area contributed by atoms with Gasteiger partial charge in [0.05, 0.1) is 26.4 Å². The van der Waals surface area contributed by atoms with Crippen LogP contribution in [0.5, 0.6) is 11.5 Å². The summed E-state index contributed by atoms with van der Waals surface area (Å²) in [5.74, 6) is 1.56. The Bertz CT molecular complexity index is 288. The molecule has 4 heteroatoms. The molecule has 1 rings (SSSR count). The van der Waals surface area contributed by atoms with Crippen LogP contribution in [0.15, 0.2) is 24.3 Å². The highest BCUT2D eigenvalue weighted by atomic mass is 16.5. The van der Waals surface area contributed by atoms with Gasteiger partial charge in [-0.15, -0.1) is 0 Å². The van der Waals surface area contributed by atoms with Crippen molar-refractivity contribution in [2.45, 2.75) is 6.92 Å². The summed E-state index contributed by atoms with van der Waals surface area (Å²) in [5, 5.41) is 8.50. The van der Waals surface area contributed by atoms with E-state index < -0.39 is 0 Å². The van der Waals surface area contributed by atoms with Gasteiger partial charge >= 0.3 is 0 Å². The SMILES string of the molecule is CCOc1cccc(OCCOCCO)c1. The molecule has 0 saturated heterocycles. The highest BCUT2D eigenvalue weighted by Crippen LogP contribution is 2.19. The van der Waals surface area contributed by atoms with Crippen LogP contribution in [0, 0.1) is 0 Å². The van der Waals surface area contributed by atoms with Crippen LogP contribution in [0.3, 0.4) is 0 Å². The summed E-state index contributed by atoms with van der Waals surface area (Å²) in [6.45, 7) is 3.91. The normalized spacial score (nSPS) is 10.1. The first kappa shape index (κ1) is 12.8. The summed E-state index contributed by atoms with van der Waals surface area (Å²) >= 11 is 0. The average Bonchev–Trinajstić information content (AvgIpc) is 2.30. The molecule has 0 aliphatic carbocycles. The lowest BCUT2D eigenvalue weighted by atomic mass is 10.3. The van der Waals surface area contributed by atoms with Crippen LogP contribution in [-0.2, 0) is 4.74 Å². The van der Waals surface area contributed by atoms with E-state index in [0.717, 1.165) is 11.5 Å². The summed E-state index contributed by atoms with van der Waals surface area (Å²) in [6, 6.07) is 7.48. The van der Waals surface area contributed by atoms with Crippen LogP contribution in [0.25, 0.3) is 0 Å². The standard InChI is InChI=1S/C12H18O4/c1-2-15-11-4-3-5-12(10-11)16-9-8-14-7-6-13/h3-5,10,13H,2,6-9H2,1H3. The van der Waals surface area contributed by atoms with Crippen molar-refractivity contribution in [3.8, 4) is 11.5 Å². The topological polar surface area (TPSA) is 47.9 Å². The van der Waals surface area contributed by atoms with E-state index in [1.807, 2.05) is 31.2 Å². The predicted molar refractivity (Wildman–Crippen MR) is 61.0 cm³/mol. The van der Waals surface area contributed by atoms with Crippen LogP contribution in [0.2, 0.25) is 0 Å². The van der Waals surface area contributed by atoms with Crippen LogP contribution >= 0.6 is 0 Å². The molecule has 4 nitrogen and oxygen atoms in total. The number of benzene rings is 1. The van der Waals surface area contributed by atoms with Crippen molar-refractivity contribution in [2.75, 3.05) is 33.0 Å². The first-order valence-electron chi connectivity index (χ1n) is 5.41. The molecule has 0 unspecified atom stereocenters. The first-order valence-corrected chi connectivity index (χ1v) is 5.41. The molecule has 0 heterocycles. The van der Waals surface area contributed by atoms with Crippen LogP contribution in [0.4, 0.5) is 0 Å². The van der Waals surface area contributed by atoms with Gasteiger partial charge in [0.1, 0.15) is 18.1 Å². The number of aliphatic hydroxyl groups is 1. The van der Waals surface area contributed by atoms with E-state index in [4.69, 9.17) is 19.3 Å². The van der Waals surface area contributed by atoms with E-state index in [9.17, 15) is 0 Å². The number of hydrogen-bond donors (Lipinski definition) is 1. The molecule has 0 amide bonds. The molecule has 0 saturated carbocycles. The number of rotatable bonds is 8. The van der Waals surface area contributed by atoms with Gasteiger partial charge in [-0.25, -0.2) is 0 Å². The second kappa shape index (κ2) is 7.96. The Morgan fingerprint density at radius 1 is 1.06 bits per heavy atom. The molecule has 0 spiro atoms. The maximum absolute atomic E-state index is 8.50. The van der Waals surface area contributed by atoms with Gasteiger partial charge in [0.15, 0.2) is 0 Å². The zero-order valence-electron chi connectivity index (χ0n) is 9.52. The second-order valence-corrected chi connectivity index (χ2v) is 3.09. The van der Waals surface area contributed by atoms with Crippen molar-refractivity contribution < 1.29 is 19.3 Å². The maximum Gasteiger partial charge on any atom is 0.123 e. The Hall–Kier alpha value is -1.26. The lowest BCUT2D eigenvalue weighted by molar-refractivity contribution is 0.0704. The molecular weight excluding hydrogens is 208 g/mol. The fourth-order valence-electron chi connectivity index (χ4n) is 1.21. The van der Waals surface area contributed by atoms with Gasteiger partial charge in [0, 0.05) is 6.07 Å². The summed E-state index contributed by atoms with van der Waals surface area (Å²) < 4.78 is 15.9. The Labute approximate surface area is 95.8 Å². The summed E-state index contributed by atoms with van der Waals surface area (Å²) in [4.78, 5) is 0. The fraction of sp³-hybridized carbons (Fsp3) is 0.500. The van der Waals surface area contributed by atoms with E-state index in [-0.39, 0.29) is 6.61 Å². The van der Waals surface area contributed by atoms with Crippen molar-refractivity contribution in [3.05, 3.63) is 24.3 Å². The van der Waals surface area contributed by atoms with E-state index >= 15 is 0 Å². The Balaban J connectivity index is 2.27. The monoisotopic (exact) mass is 226 g/mol. The largest absolute Gasteiger partial charge is 0.494 e. The molecule has 0 aromatic heterocycles. The van der Waals surface area contributed by atoms with Crippen molar-refractivity contribution in [3.63, 3.8) is 0 Å². The molecule has 0 aliphatic heterocycles. The molecule has 0 atom stereocenters. The summed E-state index contributed by atoms with van der Waals surface area (Å²) in [5.41, 5.74) is 0. The first-order chi connectivity index (χ1) is 7.86. The molecule has 1 aromatic rings. The summed E-state index contributed by atoms with van der Waals surface area (Å²) in [7, 11) is 0. The fourth-order valence-corrected chi connectivity index (χ4v) is 1.21. The van der Waals surface area contributed by atoms with E-state index in [2.05, 4.69) is 0 Å². The predicted octanol–water partition coefficient (Wildman–Crippen LogP) is 1.47. The van der Waals surface area contributed by atoms with Gasteiger partial charge < -0.3 is 19.3 Å². The lowest BCUT2D eigenvalue weighted by Crippen LogP contribution is -2.09. The highest BCUT2D eigenvalue weighted by molar-refractivity contribution is 5.32. The Morgan fingerprint density at radius 3 is 2.50 bits per heavy atom. The number of ether oxygens (including phenoxy) is 3. The third kappa shape index (κ3) is 5.00. The Kier molecular flexibility index (Phi) is 6.37. The number of aliphatic hydroxyl groups excluding tert-OH is 1. The quantitative estimate of drug-likeness (QED) is 0.682. The van der Waals surface area contributed by atoms with E-state index in [1.54, 1.807) is 0 Å². The molecular formula is C12H18O4. The third-order valence-corrected chi connectivity index (χ3v) is 1.85. The van der Waals surface area contributed by atoms with Gasteiger partial charge in [-0.3, -0.25) is 0 Å². The van der Waals surface area contributed by atoms with Gasteiger partial charge in [-0.05, 0) is 19.1 Å². The minimum absolute atomic E-state index is 0.0415. The highest BCUT2D eigenvalue weighted by Gasteiger charge is 1.97. The van der Waals surface area contributed by atoms with Crippen LogP contribution in [-0.4, -0.2) is 38.1 Å². The van der Waals surface area contributed by atoms with Gasteiger partial charge in [-0.1, -0.05) is 6.07 Å². The van der Waals surface area contributed by atoms with Crippen molar-refractivity contribution >= 4 is 0 Å². The molecule has 90 valence electrons. The Morgan fingerprint density at radius 2 is 1.81 bits per heavy atom. The van der Waals surface area contributed by atoms with Crippen LogP contribution in [0.1, 0.15) is 6.92 Å². The molecule has 16 heavy (non-hydrogen) atoms. The minimum atomic E-state index is 0.0415. The zero-order chi connectivity index (χ0) is 11.6. The maximum atomic E-state index is 8.50. The van der Waals surface area contributed by atoms with Gasteiger partial charge in [0.25, 0.3) is 0 Å². The number of hydrogen-bond acceptors (Lipinski definition) is 4. The van der Waals surface area contributed by atoms with Crippen molar-refractivity contribution in [1.82, 2.24) is 0 Å². The van der Waals surface area contributed by atoms with E-state index in [1.165, 1.54) is 0 Å². The van der Waals surface area contributed by atoms with E-state index in [0.29, 0.717) is 26.4 Å². The van der Waals surface area contributed by atoms with Gasteiger partial charge in [-0.2, -0.15) is 0 Å². The third-order valence-electron chi connectivity index (χ3n) is 1.85. The summed E-state index contributed by atoms with van der Waals surface area (Å²) in [6.07, 6.45) is 0. The lowest BCUT2D eigenvalue weighted by Gasteiger charge is -2.08. The molecule has 0 fully saturated rings. The molecule has 1 aromatic carbocycles. The minimum Gasteiger partial charge on any atom is -0.494 e. The second-order valence-electron chi connectivity index (χ2n) is 3.09. The molecule has 0 bridgehead atoms. The molecule has 0 aliphatic rings. The molecule has 1 N–H and O–H groups in total. The molecule has 0 radical (unpaired) electrons. The van der Waals surface area contributed by atoms with Crippen LogP contribution < -0.4 is 9.47 Å². The smallest absolute Gasteiger partial charge is 0.123 e. The van der Waals surface area contributed by atoms with Crippen molar-refractivity contribution in [2.24, 2.45) is 0 Å². The van der Waals surface area contributed by atoms with Gasteiger partial charge in [0.2, 0.25) is 0 Å². The van der Waals surface area contributed by atoms with Crippen molar-refractivity contribution in [1.29, 1.82) is 0 Å². The average molecular weight is 226 g/mol.